The van der Waals surface area contributed by atoms with E-state index < -0.39 is 11.8 Å². The van der Waals surface area contributed by atoms with Gasteiger partial charge in [-0.25, -0.2) is 13.6 Å². The average molecular weight is 260 g/mol. The number of benzene rings is 2. The predicted octanol–water partition coefficient (Wildman–Crippen LogP) is 3.73. The minimum absolute atomic E-state index is 0.143. The smallest absolute Gasteiger partial charge is 0.328 e. The van der Waals surface area contributed by atoms with Gasteiger partial charge in [-0.1, -0.05) is 18.2 Å². The standard InChI is InChI=1S/C15H10F2O2/c16-13-3-1-2-10(9-13)11-4-6-14(17)12(8-11)5-7-15(18)19/h1-9H,(H,18,19)/b7-5+. The molecule has 0 aliphatic heterocycles. The van der Waals surface area contributed by atoms with Gasteiger partial charge in [-0.3, -0.25) is 0 Å². The van der Waals surface area contributed by atoms with Gasteiger partial charge in [0.15, 0.2) is 0 Å². The van der Waals surface area contributed by atoms with Gasteiger partial charge in [0.05, 0.1) is 0 Å². The summed E-state index contributed by atoms with van der Waals surface area (Å²) in [5.41, 5.74) is 1.36. The summed E-state index contributed by atoms with van der Waals surface area (Å²) in [6.07, 6.45) is 2.02. The van der Waals surface area contributed by atoms with Gasteiger partial charge < -0.3 is 5.11 Å². The van der Waals surface area contributed by atoms with E-state index in [1.165, 1.54) is 36.4 Å². The molecule has 2 nitrogen and oxygen atoms in total. The molecule has 1 N–H and O–H groups in total. The van der Waals surface area contributed by atoms with Crippen molar-refractivity contribution < 1.29 is 18.7 Å². The lowest BCUT2D eigenvalue weighted by atomic mass is 10.0. The van der Waals surface area contributed by atoms with Crippen molar-refractivity contribution in [2.24, 2.45) is 0 Å². The third-order valence-electron chi connectivity index (χ3n) is 2.56. The van der Waals surface area contributed by atoms with E-state index in [2.05, 4.69) is 0 Å². The van der Waals surface area contributed by atoms with Gasteiger partial charge in [0.1, 0.15) is 11.6 Å². The van der Waals surface area contributed by atoms with E-state index in [0.29, 0.717) is 11.1 Å². The van der Waals surface area contributed by atoms with Crippen molar-refractivity contribution in [3.05, 3.63) is 65.7 Å². The van der Waals surface area contributed by atoms with E-state index >= 15 is 0 Å². The van der Waals surface area contributed by atoms with E-state index in [4.69, 9.17) is 5.11 Å². The molecular weight excluding hydrogens is 250 g/mol. The van der Waals surface area contributed by atoms with E-state index in [-0.39, 0.29) is 11.4 Å². The maximum Gasteiger partial charge on any atom is 0.328 e. The molecule has 0 fully saturated rings. The summed E-state index contributed by atoms with van der Waals surface area (Å²) in [5.74, 6) is -2.07. The molecule has 0 radical (unpaired) electrons. The van der Waals surface area contributed by atoms with Crippen molar-refractivity contribution in [1.82, 2.24) is 0 Å². The Balaban J connectivity index is 2.43. The molecule has 0 heterocycles. The van der Waals surface area contributed by atoms with Crippen LogP contribution >= 0.6 is 0 Å². The van der Waals surface area contributed by atoms with Gasteiger partial charge in [0.25, 0.3) is 0 Å². The van der Waals surface area contributed by atoms with Crippen molar-refractivity contribution in [1.29, 1.82) is 0 Å². The Hall–Kier alpha value is -2.49. The van der Waals surface area contributed by atoms with Crippen LogP contribution < -0.4 is 0 Å². The number of carboxylic acid groups (broad SMARTS) is 1. The third-order valence-corrected chi connectivity index (χ3v) is 2.56. The first-order chi connectivity index (χ1) is 9.06. The van der Waals surface area contributed by atoms with Crippen LogP contribution in [0, 0.1) is 11.6 Å². The first-order valence-corrected chi connectivity index (χ1v) is 5.53. The predicted molar refractivity (Wildman–Crippen MR) is 68.5 cm³/mol. The molecule has 2 rings (SSSR count). The number of aliphatic carboxylic acids is 1. The fourth-order valence-electron chi connectivity index (χ4n) is 1.68. The first-order valence-electron chi connectivity index (χ1n) is 5.53. The molecular formula is C15H10F2O2. The molecule has 0 saturated carbocycles. The Morgan fingerprint density at radius 1 is 1.05 bits per heavy atom. The molecule has 2 aromatic carbocycles. The maximum atomic E-state index is 13.5. The highest BCUT2D eigenvalue weighted by Crippen LogP contribution is 2.23. The van der Waals surface area contributed by atoms with E-state index in [0.717, 1.165) is 6.08 Å². The van der Waals surface area contributed by atoms with Crippen LogP contribution in [-0.4, -0.2) is 11.1 Å². The highest BCUT2D eigenvalue weighted by atomic mass is 19.1. The summed E-state index contributed by atoms with van der Waals surface area (Å²) in [4.78, 5) is 10.4. The summed E-state index contributed by atoms with van der Waals surface area (Å²) in [5, 5.41) is 8.53. The summed E-state index contributed by atoms with van der Waals surface area (Å²) >= 11 is 0. The molecule has 0 spiro atoms. The average Bonchev–Trinajstić information content (AvgIpc) is 2.37. The lowest BCUT2D eigenvalue weighted by Gasteiger charge is -2.04. The summed E-state index contributed by atoms with van der Waals surface area (Å²) in [7, 11) is 0. The number of hydrogen-bond acceptors (Lipinski definition) is 1. The zero-order valence-electron chi connectivity index (χ0n) is 9.81. The van der Waals surface area contributed by atoms with Gasteiger partial charge in [0, 0.05) is 11.6 Å². The van der Waals surface area contributed by atoms with E-state index in [9.17, 15) is 13.6 Å². The van der Waals surface area contributed by atoms with Gasteiger partial charge in [0.2, 0.25) is 0 Å². The fraction of sp³-hybridized carbons (Fsp3) is 0. The Morgan fingerprint density at radius 2 is 1.79 bits per heavy atom. The molecule has 0 amide bonds. The molecule has 96 valence electrons. The number of rotatable bonds is 3. The summed E-state index contributed by atoms with van der Waals surface area (Å²) in [6.45, 7) is 0. The third kappa shape index (κ3) is 3.25. The lowest BCUT2D eigenvalue weighted by molar-refractivity contribution is -0.131. The van der Waals surface area contributed by atoms with Crippen LogP contribution in [0.5, 0.6) is 0 Å². The molecule has 0 aliphatic rings. The van der Waals surface area contributed by atoms with Crippen LogP contribution in [0.15, 0.2) is 48.5 Å². The summed E-state index contributed by atoms with van der Waals surface area (Å²) < 4.78 is 26.6. The molecule has 0 bridgehead atoms. The molecule has 19 heavy (non-hydrogen) atoms. The van der Waals surface area contributed by atoms with E-state index in [1.54, 1.807) is 12.1 Å². The van der Waals surface area contributed by atoms with Gasteiger partial charge >= 0.3 is 5.97 Å². The second kappa shape index (κ2) is 5.44. The van der Waals surface area contributed by atoms with Crippen LogP contribution in [0.4, 0.5) is 8.78 Å². The lowest BCUT2D eigenvalue weighted by Crippen LogP contribution is -1.89. The minimum atomic E-state index is -1.16. The van der Waals surface area contributed by atoms with Gasteiger partial charge in [-0.05, 0) is 41.5 Å². The van der Waals surface area contributed by atoms with Crippen molar-refractivity contribution >= 4 is 12.0 Å². The Bertz CT molecular complexity index is 648. The van der Waals surface area contributed by atoms with Crippen LogP contribution in [0.2, 0.25) is 0 Å². The van der Waals surface area contributed by atoms with Crippen LogP contribution in [-0.2, 0) is 4.79 Å². The number of hydrogen-bond donors (Lipinski definition) is 1. The largest absolute Gasteiger partial charge is 0.478 e. The van der Waals surface area contributed by atoms with Crippen molar-refractivity contribution in [2.75, 3.05) is 0 Å². The first kappa shape index (κ1) is 13.0. The molecule has 0 aliphatic carbocycles. The number of carbonyl (C=O) groups is 1. The number of halogens is 2. The van der Waals surface area contributed by atoms with Crippen molar-refractivity contribution in [3.63, 3.8) is 0 Å². The van der Waals surface area contributed by atoms with E-state index in [1.807, 2.05) is 0 Å². The van der Waals surface area contributed by atoms with Crippen LogP contribution in [0.3, 0.4) is 0 Å². The molecule has 0 atom stereocenters. The summed E-state index contributed by atoms with van der Waals surface area (Å²) in [6, 6.07) is 10.1. The normalized spacial score (nSPS) is 10.8. The topological polar surface area (TPSA) is 37.3 Å². The van der Waals surface area contributed by atoms with Crippen LogP contribution in [0.1, 0.15) is 5.56 Å². The molecule has 0 unspecified atom stereocenters. The fourth-order valence-corrected chi connectivity index (χ4v) is 1.68. The number of carboxylic acids is 1. The second-order valence-corrected chi connectivity index (χ2v) is 3.92. The Labute approximate surface area is 108 Å². The Morgan fingerprint density at radius 3 is 2.47 bits per heavy atom. The zero-order valence-corrected chi connectivity index (χ0v) is 9.81. The highest BCUT2D eigenvalue weighted by Gasteiger charge is 2.04. The van der Waals surface area contributed by atoms with Gasteiger partial charge in [-0.2, -0.15) is 0 Å². The Kier molecular flexibility index (Phi) is 3.71. The van der Waals surface area contributed by atoms with Crippen LogP contribution in [0.25, 0.3) is 17.2 Å². The van der Waals surface area contributed by atoms with Crippen molar-refractivity contribution in [3.8, 4) is 11.1 Å². The molecule has 2 aromatic rings. The zero-order chi connectivity index (χ0) is 13.8. The monoisotopic (exact) mass is 260 g/mol. The maximum absolute atomic E-state index is 13.5. The SMILES string of the molecule is O=C(O)/C=C/c1cc(-c2cccc(F)c2)ccc1F. The van der Waals surface area contributed by atoms with Crippen molar-refractivity contribution in [2.45, 2.75) is 0 Å². The second-order valence-electron chi connectivity index (χ2n) is 3.92. The molecule has 0 saturated heterocycles. The molecule has 4 heteroatoms. The minimum Gasteiger partial charge on any atom is -0.478 e. The quantitative estimate of drug-likeness (QED) is 0.854. The van der Waals surface area contributed by atoms with Gasteiger partial charge in [-0.15, -0.1) is 0 Å². The highest BCUT2D eigenvalue weighted by molar-refractivity contribution is 5.85. The molecule has 0 aromatic heterocycles.